The van der Waals surface area contributed by atoms with Crippen LogP contribution < -0.4 is 0 Å². The van der Waals surface area contributed by atoms with E-state index in [1.807, 2.05) is 6.08 Å². The Morgan fingerprint density at radius 2 is 2.00 bits per heavy atom. The smallest absolute Gasteiger partial charge is 0 e. The van der Waals surface area contributed by atoms with Gasteiger partial charge in [-0.2, -0.15) is 0 Å². The maximum atomic E-state index is 3.09. The van der Waals surface area contributed by atoms with E-state index in [-0.39, 0.29) is 0 Å². The van der Waals surface area contributed by atoms with E-state index < -0.39 is 0 Å². The van der Waals surface area contributed by atoms with Crippen LogP contribution in [0.4, 0.5) is 0 Å². The number of fused-ring (bicyclic) bond motifs is 1. The predicted molar refractivity (Wildman–Crippen MR) is 42.7 cm³/mol. The Morgan fingerprint density at radius 1 is 1.18 bits per heavy atom. The van der Waals surface area contributed by atoms with Crippen molar-refractivity contribution in [3.8, 4) is 0 Å². The van der Waals surface area contributed by atoms with Crippen molar-refractivity contribution in [2.45, 2.75) is 6.42 Å². The molecule has 0 aromatic heterocycles. The van der Waals surface area contributed by atoms with Crippen molar-refractivity contribution in [2.24, 2.45) is 0 Å². The van der Waals surface area contributed by atoms with Gasteiger partial charge in [0.1, 0.15) is 0 Å². The van der Waals surface area contributed by atoms with Gasteiger partial charge in [0.05, 0.1) is 0 Å². The molecule has 1 heteroatoms. The summed E-state index contributed by atoms with van der Waals surface area (Å²) in [4.78, 5) is 0. The normalized spacial score (nSPS) is 12.0. The number of hydrogen-bond acceptors (Lipinski definition) is 0. The molecular weight excluding hydrogens is 382 g/mol. The van der Waals surface area contributed by atoms with Crippen molar-refractivity contribution in [1.82, 2.24) is 0 Å². The summed E-state index contributed by atoms with van der Waals surface area (Å²) in [5, 5.41) is 0. The fourth-order valence-electron chi connectivity index (χ4n) is 1.18. The zero-order valence-corrected chi connectivity index (χ0v) is 8.08. The SMILES string of the molecule is C1=CCc2ccccc2C=1.[Lr]. The van der Waals surface area contributed by atoms with Gasteiger partial charge in [0.2, 0.25) is 0 Å². The summed E-state index contributed by atoms with van der Waals surface area (Å²) in [6.07, 6.45) is 5.12. The van der Waals surface area contributed by atoms with Crippen LogP contribution >= 0.6 is 0 Å². The van der Waals surface area contributed by atoms with Gasteiger partial charge < -0.3 is 0 Å². The molecule has 1 aromatic carbocycles. The zero-order valence-electron chi connectivity index (χ0n) is 5.93. The Balaban J connectivity index is 0.000000605. The molecule has 0 unspecified atom stereocenters. The van der Waals surface area contributed by atoms with Gasteiger partial charge in [-0.3, -0.25) is 0 Å². The first kappa shape index (κ1) is 6.85. The molecule has 0 bridgehead atoms. The molecule has 63 valence electrons. The topological polar surface area (TPSA) is 0 Å². The van der Waals surface area contributed by atoms with Crippen LogP contribution in [0.25, 0.3) is 6.08 Å². The Morgan fingerprint density at radius 3 is 2.82 bits per heavy atom. The molecule has 0 nitrogen and oxygen atoms in total. The van der Waals surface area contributed by atoms with Crippen molar-refractivity contribution in [3.63, 3.8) is 0 Å². The van der Waals surface area contributed by atoms with E-state index in [4.69, 9.17) is 0 Å². The van der Waals surface area contributed by atoms with E-state index in [9.17, 15) is 0 Å². The van der Waals surface area contributed by atoms with Crippen LogP contribution in [0.1, 0.15) is 11.1 Å². The zero-order chi connectivity index (χ0) is 6.81. The second kappa shape index (κ2) is 2.55. The molecule has 1 aromatic rings. The molecule has 0 atom stereocenters. The minimum Gasteiger partial charge on any atom is -0.124 e. The summed E-state index contributed by atoms with van der Waals surface area (Å²) in [7, 11) is 0. The van der Waals surface area contributed by atoms with Gasteiger partial charge in [-0.05, 0) is 29.7 Å². The van der Waals surface area contributed by atoms with Gasteiger partial charge in [0, 0.05) is 0 Å². The number of benzene rings is 1. The molecule has 1 aliphatic rings. The standard InChI is InChI=1S/C10H8.Lr/c1-2-6-10-8-4-3-7-9(10)5-1;/h1-3,5-6,8H,7H2;. The monoisotopic (exact) mass is 390 g/mol. The Bertz CT molecular complexity index is 306. The Hall–Kier alpha value is -2.26. The summed E-state index contributed by atoms with van der Waals surface area (Å²) in [6.45, 7) is 0. The molecule has 0 fully saturated rings. The fraction of sp³-hybridized carbons (Fsp3) is 0.100. The Labute approximate surface area is 60.5 Å². The summed E-state index contributed by atoms with van der Waals surface area (Å²) < 4.78 is 0. The molecule has 0 N–H and O–H groups in total. The minimum atomic E-state index is 0. The predicted octanol–water partition coefficient (Wildman–Crippen LogP) is 2.41. The van der Waals surface area contributed by atoms with Crippen LogP contribution in [0, 0.1) is 0 Å². The second-order valence-corrected chi connectivity index (χ2v) is 2.42. The van der Waals surface area contributed by atoms with E-state index in [1.54, 1.807) is 0 Å². The van der Waals surface area contributed by atoms with Crippen molar-refractivity contribution < 1.29 is 0 Å². The third kappa shape index (κ3) is 1.03. The summed E-state index contributed by atoms with van der Waals surface area (Å²) >= 11 is 0. The van der Waals surface area contributed by atoms with E-state index in [2.05, 4.69) is 36.1 Å². The van der Waals surface area contributed by atoms with Crippen LogP contribution in [-0.2, 0) is 6.42 Å². The average Bonchev–Trinajstić information content (AvgIpc) is 2.05. The molecule has 0 saturated heterocycles. The average molecular weight is 390 g/mol. The van der Waals surface area contributed by atoms with Crippen LogP contribution in [0.2, 0.25) is 0 Å². The van der Waals surface area contributed by atoms with Gasteiger partial charge in [-0.25, -0.2) is 0 Å². The molecule has 0 heterocycles. The van der Waals surface area contributed by atoms with E-state index in [0.717, 1.165) is 6.42 Å². The van der Waals surface area contributed by atoms with Crippen LogP contribution in [-0.4, -0.2) is 0 Å². The number of allylic oxidation sites excluding steroid dienone is 1. The third-order valence-electron chi connectivity index (χ3n) is 1.73. The van der Waals surface area contributed by atoms with Gasteiger partial charge >= 0.3 is 0 Å². The number of rotatable bonds is 0. The van der Waals surface area contributed by atoms with Crippen molar-refractivity contribution in [3.05, 3.63) is 47.2 Å². The molecule has 0 amide bonds. The van der Waals surface area contributed by atoms with Crippen LogP contribution in [0.3, 0.4) is 0 Å². The molecule has 11 heavy (non-hydrogen) atoms. The van der Waals surface area contributed by atoms with Gasteiger partial charge in [-0.15, -0.1) is 5.73 Å². The first-order valence-electron chi connectivity index (χ1n) is 3.46. The molecular formula is C10H8Lr. The molecule has 0 saturated carbocycles. The fourth-order valence-corrected chi connectivity index (χ4v) is 1.18. The van der Waals surface area contributed by atoms with E-state index >= 15 is 0 Å². The minimum absolute atomic E-state index is 0. The molecule has 0 spiro atoms. The van der Waals surface area contributed by atoms with Gasteiger partial charge in [0.25, 0.3) is 0 Å². The molecule has 2 rings (SSSR count). The van der Waals surface area contributed by atoms with Crippen LogP contribution in [0.15, 0.2) is 36.1 Å². The maximum absolute atomic E-state index is 3.09. The maximum Gasteiger partial charge on any atom is 0 e. The summed E-state index contributed by atoms with van der Waals surface area (Å²) in [6, 6.07) is 8.41. The van der Waals surface area contributed by atoms with E-state index in [1.165, 1.54) is 11.1 Å². The largest absolute Gasteiger partial charge is 0.124 e. The molecule has 1 aliphatic carbocycles. The first-order chi connectivity index (χ1) is 4.97. The summed E-state index contributed by atoms with van der Waals surface area (Å²) in [5.74, 6) is 0. The van der Waals surface area contributed by atoms with Crippen molar-refractivity contribution in [1.29, 1.82) is 0 Å². The van der Waals surface area contributed by atoms with E-state index in [0.29, 0.717) is 0 Å². The Kier molecular flexibility index (Phi) is 1.59. The first-order valence-corrected chi connectivity index (χ1v) is 3.46. The van der Waals surface area contributed by atoms with Crippen molar-refractivity contribution >= 4 is 6.08 Å². The third-order valence-corrected chi connectivity index (χ3v) is 1.73. The summed E-state index contributed by atoms with van der Waals surface area (Å²) in [5.41, 5.74) is 5.81. The van der Waals surface area contributed by atoms with Crippen molar-refractivity contribution in [2.75, 3.05) is 0 Å². The van der Waals surface area contributed by atoms with Gasteiger partial charge in [0.15, 0.2) is 0 Å². The number of hydrogen-bond donors (Lipinski definition) is 0. The van der Waals surface area contributed by atoms with Gasteiger partial charge in [-0.1, -0.05) is 24.3 Å². The molecule has 0 aliphatic heterocycles. The second-order valence-electron chi connectivity index (χ2n) is 2.42. The molecule has 1 radical (unpaired) electrons. The quantitative estimate of drug-likeness (QED) is 0.597. The van der Waals surface area contributed by atoms with Crippen LogP contribution in [0.5, 0.6) is 0 Å².